The SMILES string of the molecule is O=C(NCCn1ncccc1=O)c1ccc(Cl)cc1Cl. The number of benzene rings is 1. The minimum Gasteiger partial charge on any atom is -0.350 e. The summed E-state index contributed by atoms with van der Waals surface area (Å²) in [5.74, 6) is -0.323. The lowest BCUT2D eigenvalue weighted by atomic mass is 10.2. The quantitative estimate of drug-likeness (QED) is 0.939. The van der Waals surface area contributed by atoms with E-state index in [1.165, 1.54) is 23.0 Å². The zero-order chi connectivity index (χ0) is 14.5. The third-order valence-corrected chi connectivity index (χ3v) is 3.12. The molecule has 0 atom stereocenters. The van der Waals surface area contributed by atoms with Crippen molar-refractivity contribution in [2.24, 2.45) is 0 Å². The molecule has 0 fully saturated rings. The standard InChI is InChI=1S/C13H11Cl2N3O2/c14-9-3-4-10(11(15)8-9)13(20)16-6-7-18-12(19)2-1-5-17-18/h1-5,8H,6-7H2,(H,16,20). The van der Waals surface area contributed by atoms with E-state index in [0.29, 0.717) is 10.6 Å². The number of aromatic nitrogens is 2. The van der Waals surface area contributed by atoms with Gasteiger partial charge in [-0.15, -0.1) is 0 Å². The van der Waals surface area contributed by atoms with Crippen LogP contribution in [0.25, 0.3) is 0 Å². The maximum Gasteiger partial charge on any atom is 0.266 e. The van der Waals surface area contributed by atoms with Crippen LogP contribution < -0.4 is 10.9 Å². The predicted octanol–water partition coefficient (Wildman–Crippen LogP) is 1.98. The van der Waals surface area contributed by atoms with Gasteiger partial charge in [0.25, 0.3) is 11.5 Å². The first-order chi connectivity index (χ1) is 9.58. The van der Waals surface area contributed by atoms with E-state index in [1.54, 1.807) is 18.2 Å². The van der Waals surface area contributed by atoms with Crippen LogP contribution in [0, 0.1) is 0 Å². The molecule has 2 aromatic rings. The van der Waals surface area contributed by atoms with Gasteiger partial charge >= 0.3 is 0 Å². The van der Waals surface area contributed by atoms with Gasteiger partial charge in [-0.1, -0.05) is 23.2 Å². The monoisotopic (exact) mass is 311 g/mol. The molecular formula is C13H11Cl2N3O2. The highest BCUT2D eigenvalue weighted by atomic mass is 35.5. The molecule has 1 N–H and O–H groups in total. The number of amides is 1. The van der Waals surface area contributed by atoms with Gasteiger partial charge in [-0.05, 0) is 24.3 Å². The van der Waals surface area contributed by atoms with Crippen LogP contribution in [0.4, 0.5) is 0 Å². The molecule has 1 aromatic heterocycles. The molecule has 0 bridgehead atoms. The molecular weight excluding hydrogens is 301 g/mol. The van der Waals surface area contributed by atoms with Gasteiger partial charge in [-0.25, -0.2) is 4.68 Å². The van der Waals surface area contributed by atoms with E-state index in [1.807, 2.05) is 0 Å². The Morgan fingerprint density at radius 2 is 2.10 bits per heavy atom. The van der Waals surface area contributed by atoms with Gasteiger partial charge in [-0.3, -0.25) is 9.59 Å². The van der Waals surface area contributed by atoms with Gasteiger partial charge in [-0.2, -0.15) is 5.10 Å². The number of nitrogens with one attached hydrogen (secondary N) is 1. The summed E-state index contributed by atoms with van der Waals surface area (Å²) < 4.78 is 1.27. The summed E-state index contributed by atoms with van der Waals surface area (Å²) in [6, 6.07) is 7.61. The maximum absolute atomic E-state index is 11.9. The first-order valence-corrected chi connectivity index (χ1v) is 6.59. The molecule has 104 valence electrons. The van der Waals surface area contributed by atoms with Crippen molar-refractivity contribution in [2.75, 3.05) is 6.54 Å². The molecule has 0 aliphatic carbocycles. The number of carbonyl (C=O) groups excluding carboxylic acids is 1. The van der Waals surface area contributed by atoms with Gasteiger partial charge in [0.2, 0.25) is 0 Å². The van der Waals surface area contributed by atoms with Gasteiger partial charge < -0.3 is 5.32 Å². The van der Waals surface area contributed by atoms with Crippen molar-refractivity contribution in [3.05, 3.63) is 62.5 Å². The normalized spacial score (nSPS) is 10.3. The molecule has 7 heteroatoms. The van der Waals surface area contributed by atoms with E-state index in [4.69, 9.17) is 23.2 Å². The second kappa shape index (κ2) is 6.54. The molecule has 0 aliphatic rings. The first kappa shape index (κ1) is 14.6. The van der Waals surface area contributed by atoms with Crippen LogP contribution >= 0.6 is 23.2 Å². The average molecular weight is 312 g/mol. The summed E-state index contributed by atoms with van der Waals surface area (Å²) in [5.41, 5.74) is 0.121. The van der Waals surface area contributed by atoms with Crippen LogP contribution in [-0.2, 0) is 6.54 Å². The highest BCUT2D eigenvalue weighted by molar-refractivity contribution is 6.36. The average Bonchev–Trinajstić information content (AvgIpc) is 2.40. The molecule has 2 rings (SSSR count). The Morgan fingerprint density at radius 3 is 2.80 bits per heavy atom. The number of halogens is 2. The second-order valence-corrected chi connectivity index (χ2v) is 4.81. The fourth-order valence-electron chi connectivity index (χ4n) is 1.60. The zero-order valence-electron chi connectivity index (χ0n) is 10.3. The van der Waals surface area contributed by atoms with E-state index in [-0.39, 0.29) is 29.6 Å². The summed E-state index contributed by atoms with van der Waals surface area (Å²) in [7, 11) is 0. The summed E-state index contributed by atoms with van der Waals surface area (Å²) >= 11 is 11.7. The Labute approximate surface area is 125 Å². The van der Waals surface area contributed by atoms with Crippen LogP contribution in [0.15, 0.2) is 41.3 Å². The lowest BCUT2D eigenvalue weighted by Crippen LogP contribution is -2.31. The Bertz CT molecular complexity index is 685. The summed E-state index contributed by atoms with van der Waals surface area (Å²) in [4.78, 5) is 23.3. The smallest absolute Gasteiger partial charge is 0.266 e. The highest BCUT2D eigenvalue weighted by Gasteiger charge is 2.10. The van der Waals surface area contributed by atoms with Crippen LogP contribution in [0.3, 0.4) is 0 Å². The van der Waals surface area contributed by atoms with Crippen LogP contribution in [0.5, 0.6) is 0 Å². The molecule has 20 heavy (non-hydrogen) atoms. The number of hydrogen-bond acceptors (Lipinski definition) is 3. The van der Waals surface area contributed by atoms with E-state index in [9.17, 15) is 9.59 Å². The largest absolute Gasteiger partial charge is 0.350 e. The zero-order valence-corrected chi connectivity index (χ0v) is 11.9. The van der Waals surface area contributed by atoms with Crippen LogP contribution in [0.1, 0.15) is 10.4 Å². The lowest BCUT2D eigenvalue weighted by molar-refractivity contribution is 0.0952. The Balaban J connectivity index is 1.96. The van der Waals surface area contributed by atoms with E-state index >= 15 is 0 Å². The minimum absolute atomic E-state index is 0.216. The fourth-order valence-corrected chi connectivity index (χ4v) is 2.09. The van der Waals surface area contributed by atoms with Crippen molar-refractivity contribution in [2.45, 2.75) is 6.54 Å². The van der Waals surface area contributed by atoms with Crippen molar-refractivity contribution in [3.8, 4) is 0 Å². The Kier molecular flexibility index (Phi) is 4.76. The number of rotatable bonds is 4. The molecule has 0 saturated carbocycles. The maximum atomic E-state index is 11.9. The van der Waals surface area contributed by atoms with Crippen molar-refractivity contribution >= 4 is 29.1 Å². The van der Waals surface area contributed by atoms with E-state index in [2.05, 4.69) is 10.4 Å². The van der Waals surface area contributed by atoms with E-state index in [0.717, 1.165) is 0 Å². The van der Waals surface area contributed by atoms with Crippen LogP contribution in [-0.4, -0.2) is 22.2 Å². The molecule has 5 nitrogen and oxygen atoms in total. The number of hydrogen-bond donors (Lipinski definition) is 1. The topological polar surface area (TPSA) is 64.0 Å². The van der Waals surface area contributed by atoms with Crippen molar-refractivity contribution < 1.29 is 4.79 Å². The van der Waals surface area contributed by atoms with Crippen LogP contribution in [0.2, 0.25) is 10.0 Å². The van der Waals surface area contributed by atoms with Crippen molar-refractivity contribution in [1.29, 1.82) is 0 Å². The molecule has 0 aliphatic heterocycles. The van der Waals surface area contributed by atoms with Crippen molar-refractivity contribution in [3.63, 3.8) is 0 Å². The minimum atomic E-state index is -0.323. The van der Waals surface area contributed by atoms with Gasteiger partial charge in [0.05, 0.1) is 17.1 Å². The first-order valence-electron chi connectivity index (χ1n) is 5.83. The predicted molar refractivity (Wildman–Crippen MR) is 77.3 cm³/mol. The van der Waals surface area contributed by atoms with Crippen molar-refractivity contribution in [1.82, 2.24) is 15.1 Å². The molecule has 0 saturated heterocycles. The summed E-state index contributed by atoms with van der Waals surface area (Å²) in [6.45, 7) is 0.561. The van der Waals surface area contributed by atoms with Gasteiger partial charge in [0.1, 0.15) is 0 Å². The Hall–Kier alpha value is -1.85. The summed E-state index contributed by atoms with van der Waals surface area (Å²) in [6.07, 6.45) is 1.51. The molecule has 0 radical (unpaired) electrons. The molecule has 1 aromatic carbocycles. The Morgan fingerprint density at radius 1 is 1.30 bits per heavy atom. The third kappa shape index (κ3) is 3.59. The van der Waals surface area contributed by atoms with Gasteiger partial charge in [0, 0.05) is 23.8 Å². The third-order valence-electron chi connectivity index (χ3n) is 2.57. The fraction of sp³-hybridized carbons (Fsp3) is 0.154. The molecule has 1 heterocycles. The highest BCUT2D eigenvalue weighted by Crippen LogP contribution is 2.20. The number of nitrogens with zero attached hydrogens (tertiary/aromatic N) is 2. The number of carbonyl (C=O) groups is 1. The van der Waals surface area contributed by atoms with Gasteiger partial charge in [0.15, 0.2) is 0 Å². The summed E-state index contributed by atoms with van der Waals surface area (Å²) in [5, 5.41) is 7.30. The van der Waals surface area contributed by atoms with E-state index < -0.39 is 0 Å². The lowest BCUT2D eigenvalue weighted by Gasteiger charge is -2.07. The molecule has 0 unspecified atom stereocenters. The molecule has 0 spiro atoms. The second-order valence-electron chi connectivity index (χ2n) is 3.97. The molecule has 1 amide bonds.